The van der Waals surface area contributed by atoms with Crippen LogP contribution < -0.4 is 14.4 Å². The zero-order valence-corrected chi connectivity index (χ0v) is 24.4. The van der Waals surface area contributed by atoms with Gasteiger partial charge in [-0.25, -0.2) is 4.98 Å². The fourth-order valence-electron chi connectivity index (χ4n) is 6.34. The van der Waals surface area contributed by atoms with Gasteiger partial charge < -0.3 is 24.3 Å². The lowest BCUT2D eigenvalue weighted by atomic mass is 9.82. The predicted molar refractivity (Wildman–Crippen MR) is 164 cm³/mol. The van der Waals surface area contributed by atoms with Crippen LogP contribution in [0.25, 0.3) is 22.2 Å². The number of aromatic amines is 1. The van der Waals surface area contributed by atoms with Crippen molar-refractivity contribution in [1.82, 2.24) is 14.9 Å². The second kappa shape index (κ2) is 11.9. The van der Waals surface area contributed by atoms with Crippen molar-refractivity contribution in [2.24, 2.45) is 11.8 Å². The Balaban J connectivity index is 1.10. The molecule has 2 aliphatic heterocycles. The molecule has 1 aromatic heterocycles. The fraction of sp³-hybridized carbons (Fsp3) is 0.412. The molecule has 1 fully saturated rings. The molecule has 2 aliphatic rings. The molecule has 0 saturated carbocycles. The number of aromatic nitrogens is 2. The van der Waals surface area contributed by atoms with Crippen molar-refractivity contribution in [2.45, 2.75) is 40.0 Å². The maximum absolute atomic E-state index is 13.5. The van der Waals surface area contributed by atoms with E-state index in [-0.39, 0.29) is 5.91 Å². The standard InChI is InChI=1S/C34H40N4O3/c1-4-40-33-8-6-5-7-31(33)37-14-16-38(17-15-37)34(39)22-25-13-18-41-32-12-10-26(20-28(32)19-23(25)2)27-9-11-29-30(21-27)36-24(3)35-29/h5-12,20-21,23,25H,4,13-19,22H2,1-3H3,(H,35,36). The first-order chi connectivity index (χ1) is 20.0. The van der Waals surface area contributed by atoms with Crippen LogP contribution in [0.15, 0.2) is 60.7 Å². The summed E-state index contributed by atoms with van der Waals surface area (Å²) in [5.41, 5.74) is 6.70. The monoisotopic (exact) mass is 552 g/mol. The molecule has 41 heavy (non-hydrogen) atoms. The van der Waals surface area contributed by atoms with E-state index in [0.717, 1.165) is 78.6 Å². The third-order valence-corrected chi connectivity index (χ3v) is 8.66. The number of nitrogens with zero attached hydrogens (tertiary/aromatic N) is 3. The Hall–Kier alpha value is -4.00. The Bertz CT molecular complexity index is 1520. The van der Waals surface area contributed by atoms with Gasteiger partial charge in [0, 0.05) is 32.6 Å². The Morgan fingerprint density at radius 1 is 1.05 bits per heavy atom. The van der Waals surface area contributed by atoms with Gasteiger partial charge in [-0.1, -0.05) is 31.2 Å². The SMILES string of the molecule is CCOc1ccccc1N1CCN(C(=O)CC2CCOc3ccc(-c4ccc5nc(C)[nH]c5c4)cc3CC2C)CC1. The van der Waals surface area contributed by atoms with E-state index >= 15 is 0 Å². The molecule has 214 valence electrons. The van der Waals surface area contributed by atoms with Crippen LogP contribution in [0, 0.1) is 18.8 Å². The molecule has 0 aliphatic carbocycles. The van der Waals surface area contributed by atoms with Crippen molar-refractivity contribution in [3.8, 4) is 22.6 Å². The second-order valence-electron chi connectivity index (χ2n) is 11.4. The fourth-order valence-corrected chi connectivity index (χ4v) is 6.34. The van der Waals surface area contributed by atoms with Gasteiger partial charge in [-0.15, -0.1) is 0 Å². The van der Waals surface area contributed by atoms with Crippen LogP contribution >= 0.6 is 0 Å². The molecular weight excluding hydrogens is 512 g/mol. The van der Waals surface area contributed by atoms with Crippen LogP contribution in [0.2, 0.25) is 0 Å². The minimum Gasteiger partial charge on any atom is -0.493 e. The average Bonchev–Trinajstić information content (AvgIpc) is 3.36. The molecule has 2 atom stereocenters. The first-order valence-corrected chi connectivity index (χ1v) is 15.0. The van der Waals surface area contributed by atoms with E-state index in [1.807, 2.05) is 36.9 Å². The van der Waals surface area contributed by atoms with Gasteiger partial charge in [0.25, 0.3) is 0 Å². The number of benzene rings is 3. The largest absolute Gasteiger partial charge is 0.493 e. The van der Waals surface area contributed by atoms with E-state index in [4.69, 9.17) is 9.47 Å². The number of anilines is 1. The molecule has 3 aromatic carbocycles. The number of aryl methyl sites for hydroxylation is 1. The van der Waals surface area contributed by atoms with E-state index in [1.165, 1.54) is 11.1 Å². The van der Waals surface area contributed by atoms with Crippen LogP contribution in [-0.4, -0.2) is 60.2 Å². The molecule has 1 saturated heterocycles. The average molecular weight is 553 g/mol. The van der Waals surface area contributed by atoms with Gasteiger partial charge in [0.05, 0.1) is 29.9 Å². The van der Waals surface area contributed by atoms with Crippen molar-refractivity contribution in [2.75, 3.05) is 44.3 Å². The molecule has 7 heteroatoms. The number of amides is 1. The first kappa shape index (κ1) is 27.2. The minimum atomic E-state index is 0.261. The van der Waals surface area contributed by atoms with Gasteiger partial charge in [-0.3, -0.25) is 4.79 Å². The van der Waals surface area contributed by atoms with Crippen molar-refractivity contribution < 1.29 is 14.3 Å². The highest BCUT2D eigenvalue weighted by molar-refractivity contribution is 5.82. The summed E-state index contributed by atoms with van der Waals surface area (Å²) in [7, 11) is 0. The maximum Gasteiger partial charge on any atom is 0.222 e. The third kappa shape index (κ3) is 5.90. The lowest BCUT2D eigenvalue weighted by Gasteiger charge is -2.37. The molecule has 0 bridgehead atoms. The number of carbonyl (C=O) groups is 1. The summed E-state index contributed by atoms with van der Waals surface area (Å²) in [6.07, 6.45) is 2.37. The van der Waals surface area contributed by atoms with Crippen molar-refractivity contribution in [3.05, 3.63) is 72.1 Å². The Labute approximate surface area is 242 Å². The summed E-state index contributed by atoms with van der Waals surface area (Å²) >= 11 is 0. The summed E-state index contributed by atoms with van der Waals surface area (Å²) in [4.78, 5) is 25.7. The minimum absolute atomic E-state index is 0.261. The topological polar surface area (TPSA) is 70.7 Å². The van der Waals surface area contributed by atoms with Gasteiger partial charge in [0.2, 0.25) is 5.91 Å². The molecule has 2 unspecified atom stereocenters. The summed E-state index contributed by atoms with van der Waals surface area (Å²) in [6.45, 7) is 10.7. The lowest BCUT2D eigenvalue weighted by molar-refractivity contribution is -0.133. The van der Waals surface area contributed by atoms with Crippen LogP contribution in [0.3, 0.4) is 0 Å². The number of imidazole rings is 1. The summed E-state index contributed by atoms with van der Waals surface area (Å²) in [6, 6.07) is 21.1. The number of H-pyrrole nitrogens is 1. The number of ether oxygens (including phenoxy) is 2. The Morgan fingerprint density at radius 2 is 1.83 bits per heavy atom. The highest BCUT2D eigenvalue weighted by Gasteiger charge is 2.29. The highest BCUT2D eigenvalue weighted by Crippen LogP contribution is 2.35. The summed E-state index contributed by atoms with van der Waals surface area (Å²) in [5, 5.41) is 0. The molecule has 0 radical (unpaired) electrons. The third-order valence-electron chi connectivity index (χ3n) is 8.66. The number of nitrogens with one attached hydrogen (secondary N) is 1. The van der Waals surface area contributed by atoms with Gasteiger partial charge >= 0.3 is 0 Å². The number of carbonyl (C=O) groups excluding carboxylic acids is 1. The van der Waals surface area contributed by atoms with Crippen LogP contribution in [0.1, 0.15) is 38.1 Å². The zero-order chi connectivity index (χ0) is 28.3. The Kier molecular flexibility index (Phi) is 7.86. The molecule has 4 aromatic rings. The zero-order valence-electron chi connectivity index (χ0n) is 24.4. The van der Waals surface area contributed by atoms with Crippen molar-refractivity contribution in [1.29, 1.82) is 0 Å². The van der Waals surface area contributed by atoms with Crippen LogP contribution in [0.4, 0.5) is 5.69 Å². The number of para-hydroxylation sites is 2. The smallest absolute Gasteiger partial charge is 0.222 e. The number of piperazine rings is 1. The van der Waals surface area contributed by atoms with E-state index in [9.17, 15) is 4.79 Å². The van der Waals surface area contributed by atoms with Crippen molar-refractivity contribution in [3.63, 3.8) is 0 Å². The number of hydrogen-bond acceptors (Lipinski definition) is 5. The van der Waals surface area contributed by atoms with Crippen molar-refractivity contribution >= 4 is 22.6 Å². The van der Waals surface area contributed by atoms with Gasteiger partial charge in [-0.05, 0) is 91.6 Å². The lowest BCUT2D eigenvalue weighted by Crippen LogP contribution is -2.49. The first-order valence-electron chi connectivity index (χ1n) is 15.0. The second-order valence-corrected chi connectivity index (χ2v) is 11.4. The molecular formula is C34H40N4O3. The maximum atomic E-state index is 13.5. The van der Waals surface area contributed by atoms with Crippen LogP contribution in [0.5, 0.6) is 11.5 Å². The normalized spacial score (nSPS) is 19.3. The van der Waals surface area contributed by atoms with Gasteiger partial charge in [-0.2, -0.15) is 0 Å². The number of fused-ring (bicyclic) bond motifs is 2. The molecule has 0 spiro atoms. The summed E-state index contributed by atoms with van der Waals surface area (Å²) < 4.78 is 12.1. The van der Waals surface area contributed by atoms with Gasteiger partial charge in [0.1, 0.15) is 17.3 Å². The number of rotatable bonds is 6. The molecule has 3 heterocycles. The van der Waals surface area contributed by atoms with Crippen LogP contribution in [-0.2, 0) is 11.2 Å². The predicted octanol–water partition coefficient (Wildman–Crippen LogP) is 6.25. The quantitative estimate of drug-likeness (QED) is 0.306. The summed E-state index contributed by atoms with van der Waals surface area (Å²) in [5.74, 6) is 3.74. The van der Waals surface area contributed by atoms with E-state index in [2.05, 4.69) is 64.3 Å². The molecule has 1 N–H and O–H groups in total. The van der Waals surface area contributed by atoms with E-state index in [1.54, 1.807) is 0 Å². The number of hydrogen-bond donors (Lipinski definition) is 1. The molecule has 6 rings (SSSR count). The van der Waals surface area contributed by atoms with E-state index in [0.29, 0.717) is 31.5 Å². The highest BCUT2D eigenvalue weighted by atomic mass is 16.5. The molecule has 7 nitrogen and oxygen atoms in total. The van der Waals surface area contributed by atoms with Gasteiger partial charge in [0.15, 0.2) is 0 Å². The van der Waals surface area contributed by atoms with E-state index < -0.39 is 0 Å². The molecule has 1 amide bonds. The Morgan fingerprint density at radius 3 is 2.66 bits per heavy atom.